The van der Waals surface area contributed by atoms with Gasteiger partial charge in [-0.3, -0.25) is 0 Å². The number of hydrogen-bond donors (Lipinski definition) is 4. The summed E-state index contributed by atoms with van der Waals surface area (Å²) < 4.78 is 0. The summed E-state index contributed by atoms with van der Waals surface area (Å²) in [7, 11) is 0. The highest BCUT2D eigenvalue weighted by atomic mass is 35.5. The summed E-state index contributed by atoms with van der Waals surface area (Å²) in [4.78, 5) is 11.4. The summed E-state index contributed by atoms with van der Waals surface area (Å²) >= 11 is 17.2. The Morgan fingerprint density at radius 3 is 0.877 bits per heavy atom. The third-order valence-electron chi connectivity index (χ3n) is 13.9. The Hall–Kier alpha value is -4.82. The summed E-state index contributed by atoms with van der Waals surface area (Å²) in [6.45, 7) is 46.2. The van der Waals surface area contributed by atoms with Gasteiger partial charge >= 0.3 is 0 Å². The summed E-state index contributed by atoms with van der Waals surface area (Å²) in [5.41, 5.74) is 16.7. The van der Waals surface area contributed by atoms with E-state index in [-0.39, 0.29) is 49.0 Å². The molecule has 10 heteroatoms. The Morgan fingerprint density at radius 1 is 0.397 bits per heavy atom. The van der Waals surface area contributed by atoms with Crippen LogP contribution in [0.1, 0.15) is 208 Å². The number of para-hydroxylation sites is 1. The lowest BCUT2D eigenvalue weighted by molar-refractivity contribution is 0.422. The van der Waals surface area contributed by atoms with Crippen molar-refractivity contribution in [2.45, 2.75) is 197 Å². The number of halogens is 3. The van der Waals surface area contributed by atoms with E-state index in [0.29, 0.717) is 28.0 Å². The second-order valence-electron chi connectivity index (χ2n) is 26.3. The number of nitrogens with one attached hydrogen (secondary N) is 1. The Labute approximate surface area is 453 Å². The number of rotatable bonds is 8. The average molecular weight is 1050 g/mol. The van der Waals surface area contributed by atoms with Crippen LogP contribution in [0.25, 0.3) is 0 Å². The normalized spacial score (nSPS) is 12.7. The third-order valence-corrected chi connectivity index (χ3v) is 14.6. The topological polar surface area (TPSA) is 111 Å². The maximum Gasteiger partial charge on any atom is 0.232 e. The van der Waals surface area contributed by atoms with Crippen molar-refractivity contribution in [3.8, 4) is 17.2 Å². The predicted octanol–water partition coefficient (Wildman–Crippen LogP) is 17.9. The van der Waals surface area contributed by atoms with E-state index < -0.39 is 0 Å². The van der Waals surface area contributed by atoms with Gasteiger partial charge in [0, 0.05) is 0 Å². The lowest BCUT2D eigenvalue weighted by atomic mass is 9.75. The average Bonchev–Trinajstić information content (AvgIpc) is 3.22. The maximum absolute atomic E-state index is 11.6. The Kier molecular flexibility index (Phi) is 17.3. The molecular formula is C63H83Cl3N4O3. The molecule has 0 aliphatic rings. The quantitative estimate of drug-likeness (QED) is 0.120. The first-order chi connectivity index (χ1) is 33.2. The molecule has 0 aliphatic heterocycles. The van der Waals surface area contributed by atoms with Gasteiger partial charge in [0.1, 0.15) is 17.2 Å². The van der Waals surface area contributed by atoms with Crippen molar-refractivity contribution in [1.29, 1.82) is 0 Å². The third kappa shape index (κ3) is 14.1. The first-order valence-electron chi connectivity index (χ1n) is 25.5. The van der Waals surface area contributed by atoms with Crippen LogP contribution in [0.4, 0.5) is 11.6 Å². The molecule has 0 saturated carbocycles. The molecule has 0 saturated heterocycles. The molecule has 6 aromatic rings. The minimum Gasteiger partial charge on any atom is -0.507 e. The van der Waals surface area contributed by atoms with Crippen LogP contribution in [-0.4, -0.2) is 30.3 Å². The molecule has 0 aliphatic carbocycles. The predicted molar refractivity (Wildman–Crippen MR) is 310 cm³/mol. The van der Waals surface area contributed by atoms with Crippen molar-refractivity contribution in [3.63, 3.8) is 0 Å². The molecule has 394 valence electrons. The van der Waals surface area contributed by atoms with E-state index in [2.05, 4.69) is 202 Å². The van der Waals surface area contributed by atoms with Crippen molar-refractivity contribution >= 4 is 46.4 Å². The number of aromatic nitrogens is 3. The molecule has 73 heavy (non-hydrogen) atoms. The minimum absolute atomic E-state index is 0.0227. The number of hydrogen-bond acceptors (Lipinski definition) is 7. The fraction of sp³-hybridized carbons (Fsp3) is 0.476. The molecule has 0 unspecified atom stereocenters. The largest absolute Gasteiger partial charge is 0.507 e. The molecule has 0 spiro atoms. The van der Waals surface area contributed by atoms with Gasteiger partial charge in [-0.1, -0.05) is 185 Å². The fourth-order valence-electron chi connectivity index (χ4n) is 9.68. The van der Waals surface area contributed by atoms with E-state index in [1.807, 2.05) is 12.1 Å². The van der Waals surface area contributed by atoms with E-state index in [1.165, 1.54) is 50.1 Å². The molecule has 5 aromatic carbocycles. The number of aromatic hydroxyl groups is 3. The number of nitrogens with zero attached hydrogens (tertiary/aromatic N) is 3. The zero-order valence-electron chi connectivity index (χ0n) is 47.7. The van der Waals surface area contributed by atoms with Crippen LogP contribution in [0.15, 0.2) is 60.7 Å². The second kappa shape index (κ2) is 21.4. The highest BCUT2D eigenvalue weighted by molar-refractivity contribution is 6.33. The van der Waals surface area contributed by atoms with Crippen LogP contribution in [0.5, 0.6) is 17.2 Å². The van der Waals surface area contributed by atoms with Gasteiger partial charge in [-0.15, -0.1) is 0 Å². The van der Waals surface area contributed by atoms with Crippen molar-refractivity contribution in [2.75, 3.05) is 5.32 Å². The number of phenolic OH excluding ortho intramolecular Hbond substituents is 3. The zero-order chi connectivity index (χ0) is 55.3. The smallest absolute Gasteiger partial charge is 0.232 e. The first kappa shape index (κ1) is 59.1. The Morgan fingerprint density at radius 2 is 0.644 bits per heavy atom. The summed E-state index contributed by atoms with van der Waals surface area (Å²) in [6, 6.07) is 20.6. The lowest BCUT2D eigenvalue weighted by Gasteiger charge is -2.30. The summed E-state index contributed by atoms with van der Waals surface area (Å²) in [5, 5.41) is 38.4. The molecular weight excluding hydrogens is 967 g/mol. The minimum atomic E-state index is -0.226. The van der Waals surface area contributed by atoms with E-state index >= 15 is 0 Å². The molecule has 0 bridgehead atoms. The highest BCUT2D eigenvalue weighted by Gasteiger charge is 2.31. The van der Waals surface area contributed by atoms with Crippen LogP contribution in [0, 0.1) is 20.8 Å². The Balaban J connectivity index is 0.000000520. The maximum atomic E-state index is 11.6. The highest BCUT2D eigenvalue weighted by Crippen LogP contribution is 2.45. The molecule has 0 atom stereocenters. The van der Waals surface area contributed by atoms with E-state index in [4.69, 9.17) is 34.8 Å². The van der Waals surface area contributed by atoms with E-state index in [9.17, 15) is 15.3 Å². The van der Waals surface area contributed by atoms with Gasteiger partial charge in [-0.05, 0) is 191 Å². The van der Waals surface area contributed by atoms with Gasteiger partial charge in [0.25, 0.3) is 0 Å². The van der Waals surface area contributed by atoms with Crippen molar-refractivity contribution in [2.24, 2.45) is 0 Å². The van der Waals surface area contributed by atoms with E-state index in [0.717, 1.165) is 52.6 Å². The monoisotopic (exact) mass is 1050 g/mol. The van der Waals surface area contributed by atoms with Gasteiger partial charge in [-0.2, -0.15) is 15.0 Å². The van der Waals surface area contributed by atoms with Gasteiger partial charge < -0.3 is 20.6 Å². The van der Waals surface area contributed by atoms with Gasteiger partial charge in [0.2, 0.25) is 16.5 Å². The first-order valence-corrected chi connectivity index (χ1v) is 26.6. The second-order valence-corrected chi connectivity index (χ2v) is 27.3. The Bertz CT molecular complexity index is 2610. The summed E-state index contributed by atoms with van der Waals surface area (Å²) in [5.74, 6) is 1.47. The van der Waals surface area contributed by atoms with Crippen molar-refractivity contribution in [1.82, 2.24) is 15.0 Å². The SMILES string of the molecule is Cc1c(Cc2cc(C(C)(C)C)c(O)c(C(C)(C)C)c2)c(C)c(Cc2cc(C(C)(C)C)c(O)c(C(C)(C)C)c2)c(C)c1Cc1cc(C(C)(C)C)c(O)c(C(C)(C)C)c1.Clc1nc(Cl)nc(Nc2ccccc2Cl)n1. The van der Waals surface area contributed by atoms with Gasteiger partial charge in [0.05, 0.1) is 10.7 Å². The van der Waals surface area contributed by atoms with Crippen LogP contribution < -0.4 is 5.32 Å². The van der Waals surface area contributed by atoms with E-state index in [1.54, 1.807) is 12.1 Å². The molecule has 0 amide bonds. The molecule has 6 rings (SSSR count). The van der Waals surface area contributed by atoms with Crippen LogP contribution in [0.2, 0.25) is 15.6 Å². The standard InChI is InChI=1S/C54H78O3.C9H5Cl3N4/c1-31-37(22-34-25-40(49(4,5)6)46(55)41(26-34)50(7,8)9)32(2)39(24-36-29-44(53(16,17)18)48(57)45(30-36)54(19,20)21)33(3)38(31)23-35-27-42(51(10,11)12)47(56)43(28-35)52(13,14)15;10-5-3-1-2-4-6(5)13-9-15-7(11)14-8(12)16-9/h25-30,55-57H,22-24H2,1-21H3;1-4H,(H,13,14,15,16). The molecule has 0 fully saturated rings. The molecule has 1 heterocycles. The van der Waals surface area contributed by atoms with Crippen LogP contribution in [0.3, 0.4) is 0 Å². The number of phenols is 3. The number of anilines is 2. The summed E-state index contributed by atoms with van der Waals surface area (Å²) in [6.07, 6.45) is 2.24. The van der Waals surface area contributed by atoms with Crippen LogP contribution >= 0.6 is 34.8 Å². The molecule has 4 N–H and O–H groups in total. The fourth-order valence-corrected chi connectivity index (χ4v) is 10.2. The van der Waals surface area contributed by atoms with Crippen LogP contribution in [-0.2, 0) is 51.8 Å². The number of benzene rings is 5. The zero-order valence-corrected chi connectivity index (χ0v) is 50.0. The molecule has 7 nitrogen and oxygen atoms in total. The lowest BCUT2D eigenvalue weighted by Crippen LogP contribution is -2.19. The molecule has 0 radical (unpaired) electrons. The molecule has 1 aromatic heterocycles. The van der Waals surface area contributed by atoms with Crippen molar-refractivity contribution in [3.05, 3.63) is 160 Å². The van der Waals surface area contributed by atoms with Crippen molar-refractivity contribution < 1.29 is 15.3 Å². The van der Waals surface area contributed by atoms with Gasteiger partial charge in [0.15, 0.2) is 0 Å². The van der Waals surface area contributed by atoms with Gasteiger partial charge in [-0.25, -0.2) is 0 Å².